The van der Waals surface area contributed by atoms with Crippen LogP contribution >= 0.6 is 0 Å². The number of para-hydroxylation sites is 8. The Labute approximate surface area is 351 Å². The highest BCUT2D eigenvalue weighted by atomic mass is 16.3. The third-order valence-corrected chi connectivity index (χ3v) is 11.9. The smallest absolute Gasteiger partial charge is 0.124 e. The Morgan fingerprint density at radius 1 is 0.417 bits per heavy atom. The lowest BCUT2D eigenvalue weighted by Gasteiger charge is -2.26. The lowest BCUT2D eigenvalue weighted by atomic mass is 10.0. The number of hydrogen-bond donors (Lipinski definition) is 1. The molecule has 1 N–H and O–H groups in total. The third kappa shape index (κ3) is 7.43. The molecule has 11 heteroatoms. The fourth-order valence-electron chi connectivity index (χ4n) is 9.19. The molecule has 0 saturated heterocycles. The normalized spacial score (nSPS) is 12.1. The predicted octanol–water partition coefficient (Wildman–Crippen LogP) is 9.58. The minimum atomic E-state index is 0.316. The van der Waals surface area contributed by atoms with Gasteiger partial charge in [-0.15, -0.1) is 0 Å². The number of benzene rings is 5. The second-order valence-electron chi connectivity index (χ2n) is 15.8. The molecule has 0 fully saturated rings. The van der Waals surface area contributed by atoms with Crippen LogP contribution in [-0.4, -0.2) is 53.1 Å². The lowest BCUT2D eigenvalue weighted by molar-refractivity contribution is 0.220. The average molecular weight is 799 g/mol. The molecule has 0 spiro atoms. The number of hydrogen-bond acceptors (Lipinski definition) is 7. The van der Waals surface area contributed by atoms with Gasteiger partial charge in [0, 0.05) is 50.4 Å². The Bertz CT molecular complexity index is 2590. The summed E-state index contributed by atoms with van der Waals surface area (Å²) >= 11 is 0. The highest BCUT2D eigenvalue weighted by molar-refractivity contribution is 5.78. The zero-order valence-corrected chi connectivity index (χ0v) is 35.4. The van der Waals surface area contributed by atoms with Crippen molar-refractivity contribution in [2.45, 2.75) is 100 Å². The van der Waals surface area contributed by atoms with Crippen LogP contribution < -0.4 is 0 Å². The van der Waals surface area contributed by atoms with Gasteiger partial charge in [0.25, 0.3) is 0 Å². The van der Waals surface area contributed by atoms with Crippen molar-refractivity contribution in [1.82, 2.24) is 48.0 Å². The van der Waals surface area contributed by atoms with Crippen molar-refractivity contribution in [3.05, 3.63) is 149 Å². The molecule has 0 saturated carbocycles. The van der Waals surface area contributed by atoms with Crippen LogP contribution in [0.4, 0.5) is 0 Å². The van der Waals surface area contributed by atoms with E-state index in [1.54, 1.807) is 0 Å². The van der Waals surface area contributed by atoms with Gasteiger partial charge in [-0.1, -0.05) is 66.2 Å². The molecule has 9 rings (SSSR count). The van der Waals surface area contributed by atoms with E-state index in [-0.39, 0.29) is 0 Å². The third-order valence-electron chi connectivity index (χ3n) is 11.9. The average Bonchev–Trinajstić information content (AvgIpc) is 4.00. The van der Waals surface area contributed by atoms with Gasteiger partial charge in [-0.25, -0.2) is 19.9 Å². The van der Waals surface area contributed by atoms with E-state index in [0.717, 1.165) is 110 Å². The predicted molar refractivity (Wildman–Crippen MR) is 240 cm³/mol. The molecule has 0 amide bonds. The van der Waals surface area contributed by atoms with Crippen molar-refractivity contribution in [2.75, 3.05) is 0 Å². The topological polar surface area (TPSA) is 98.0 Å². The summed E-state index contributed by atoms with van der Waals surface area (Å²) < 4.78 is 9.21. The lowest BCUT2D eigenvalue weighted by Crippen LogP contribution is -2.27. The molecule has 0 unspecified atom stereocenters. The second kappa shape index (κ2) is 16.8. The van der Waals surface area contributed by atoms with Gasteiger partial charge >= 0.3 is 0 Å². The van der Waals surface area contributed by atoms with Crippen LogP contribution in [0.1, 0.15) is 67.7 Å². The van der Waals surface area contributed by atoms with E-state index in [1.807, 2.05) is 24.3 Å². The summed E-state index contributed by atoms with van der Waals surface area (Å²) in [5.74, 6) is 4.29. The molecule has 60 heavy (non-hydrogen) atoms. The van der Waals surface area contributed by atoms with E-state index in [0.29, 0.717) is 45.0 Å². The van der Waals surface area contributed by atoms with E-state index < -0.39 is 0 Å². The second-order valence-corrected chi connectivity index (χ2v) is 15.8. The number of aryl methyl sites for hydroxylation is 5. The highest BCUT2D eigenvalue weighted by Crippen LogP contribution is 2.31. The number of nitrogens with zero attached hydrogens (tertiary/aromatic N) is 10. The molecule has 0 aliphatic carbocycles. The first-order chi connectivity index (χ1) is 29.3. The van der Waals surface area contributed by atoms with Crippen LogP contribution in [0.5, 0.6) is 5.75 Å². The van der Waals surface area contributed by atoms with E-state index in [9.17, 15) is 5.11 Å². The highest BCUT2D eigenvalue weighted by Gasteiger charge is 2.23. The van der Waals surface area contributed by atoms with Crippen molar-refractivity contribution in [3.8, 4) is 5.75 Å². The summed E-state index contributed by atoms with van der Waals surface area (Å²) in [6.45, 7) is 17.4. The van der Waals surface area contributed by atoms with E-state index in [2.05, 4.69) is 148 Å². The number of phenols is 1. The van der Waals surface area contributed by atoms with Gasteiger partial charge in [0.15, 0.2) is 0 Å². The Morgan fingerprint density at radius 2 is 0.683 bits per heavy atom. The number of imidazole rings is 4. The van der Waals surface area contributed by atoms with Crippen LogP contribution in [0.2, 0.25) is 0 Å². The molecular weight excluding hydrogens is 745 g/mol. The first kappa shape index (κ1) is 39.2. The van der Waals surface area contributed by atoms with Crippen molar-refractivity contribution in [1.29, 1.82) is 0 Å². The maximum Gasteiger partial charge on any atom is 0.124 e. The van der Waals surface area contributed by atoms with Crippen molar-refractivity contribution in [3.63, 3.8) is 0 Å². The largest absolute Gasteiger partial charge is 0.507 e. The standard InChI is InChI=1S/C49H54N10O/c1-6-56-41-22-14-10-18-37(41)50-45(56)30-54(31-46-51-38-19-11-15-23-42(38)57(46)7-2)28-35-26-34(5)27-36(49(35)60)29-55(32-47-52-39-20-12-16-24-43(39)58(47)8-3)33-48-53-40-21-13-17-25-44(40)59(48)9-4/h10-27,60H,6-9,28-33H2,1-5H3. The van der Waals surface area contributed by atoms with Gasteiger partial charge < -0.3 is 23.4 Å². The summed E-state index contributed by atoms with van der Waals surface area (Å²) in [7, 11) is 0. The summed E-state index contributed by atoms with van der Waals surface area (Å²) in [6, 6.07) is 37.7. The molecule has 0 atom stereocenters. The van der Waals surface area contributed by atoms with Crippen molar-refractivity contribution in [2.24, 2.45) is 0 Å². The Morgan fingerprint density at radius 3 is 0.950 bits per heavy atom. The van der Waals surface area contributed by atoms with Gasteiger partial charge in [-0.3, -0.25) is 9.80 Å². The fraction of sp³-hybridized carbons (Fsp3) is 0.306. The van der Waals surface area contributed by atoms with Crippen LogP contribution in [0, 0.1) is 6.92 Å². The number of fused-ring (bicyclic) bond motifs is 4. The monoisotopic (exact) mass is 798 g/mol. The Kier molecular flexibility index (Phi) is 10.9. The van der Waals surface area contributed by atoms with E-state index in [4.69, 9.17) is 19.9 Å². The minimum Gasteiger partial charge on any atom is -0.507 e. The molecule has 5 aromatic carbocycles. The molecule has 11 nitrogen and oxygen atoms in total. The van der Waals surface area contributed by atoms with Gasteiger partial charge in [0.2, 0.25) is 0 Å². The molecule has 306 valence electrons. The zero-order chi connectivity index (χ0) is 41.3. The number of rotatable bonds is 16. The first-order valence-corrected chi connectivity index (χ1v) is 21.4. The zero-order valence-electron chi connectivity index (χ0n) is 35.4. The SMILES string of the molecule is CCn1c(CN(Cc2cc(C)cc(CN(Cc3nc4ccccc4n3CC)Cc3nc4ccccc4n3CC)c2O)Cc2nc3ccccc3n2CC)nc2ccccc21. The Hall–Kier alpha value is -6.30. The summed E-state index contributed by atoms with van der Waals surface area (Å²) in [6.07, 6.45) is 0. The summed E-state index contributed by atoms with van der Waals surface area (Å²) in [5.41, 5.74) is 11.3. The van der Waals surface area contributed by atoms with E-state index >= 15 is 0 Å². The van der Waals surface area contributed by atoms with E-state index in [1.165, 1.54) is 0 Å². The van der Waals surface area contributed by atoms with Gasteiger partial charge in [0.05, 0.1) is 70.3 Å². The van der Waals surface area contributed by atoms with Crippen LogP contribution in [0.15, 0.2) is 109 Å². The first-order valence-electron chi connectivity index (χ1n) is 21.4. The Balaban J connectivity index is 1.09. The molecule has 0 aliphatic rings. The van der Waals surface area contributed by atoms with Gasteiger partial charge in [-0.2, -0.15) is 0 Å². The number of aromatic nitrogens is 8. The summed E-state index contributed by atoms with van der Waals surface area (Å²) in [5, 5.41) is 12.4. The van der Waals surface area contributed by atoms with Gasteiger partial charge in [0.1, 0.15) is 29.0 Å². The molecule has 0 radical (unpaired) electrons. The van der Waals surface area contributed by atoms with Crippen LogP contribution in [-0.2, 0) is 65.4 Å². The van der Waals surface area contributed by atoms with Crippen molar-refractivity contribution >= 4 is 44.1 Å². The molecular formula is C49H54N10O. The minimum absolute atomic E-state index is 0.316. The van der Waals surface area contributed by atoms with Crippen LogP contribution in [0.25, 0.3) is 44.1 Å². The molecule has 4 heterocycles. The summed E-state index contributed by atoms with van der Waals surface area (Å²) in [4.78, 5) is 25.3. The van der Waals surface area contributed by atoms with Crippen molar-refractivity contribution < 1.29 is 5.11 Å². The number of phenolic OH excluding ortho intramolecular Hbond substituents is 1. The molecule has 0 bridgehead atoms. The van der Waals surface area contributed by atoms with Gasteiger partial charge in [-0.05, 0) is 83.1 Å². The molecule has 9 aromatic rings. The maximum absolute atomic E-state index is 12.4. The maximum atomic E-state index is 12.4. The van der Waals surface area contributed by atoms with Crippen LogP contribution in [0.3, 0.4) is 0 Å². The number of aromatic hydroxyl groups is 1. The molecule has 0 aliphatic heterocycles. The fourth-order valence-corrected chi connectivity index (χ4v) is 9.19. The molecule has 4 aromatic heterocycles. The quantitative estimate of drug-likeness (QED) is 0.104.